The van der Waals surface area contributed by atoms with Crippen molar-refractivity contribution >= 4 is 30.0 Å². The Hall–Kier alpha value is -1.79. The van der Waals surface area contributed by atoms with Crippen LogP contribution in [-0.4, -0.2) is 41.3 Å². The van der Waals surface area contributed by atoms with Crippen LogP contribution in [0.2, 0.25) is 0 Å². The van der Waals surface area contributed by atoms with Crippen LogP contribution in [0.1, 0.15) is 6.42 Å². The van der Waals surface area contributed by atoms with Crippen LogP contribution in [0, 0.1) is 0 Å². The summed E-state index contributed by atoms with van der Waals surface area (Å²) in [6, 6.07) is 6.71. The van der Waals surface area contributed by atoms with Gasteiger partial charge in [-0.25, -0.2) is 4.79 Å². The van der Waals surface area contributed by atoms with E-state index >= 15 is 0 Å². The lowest BCUT2D eigenvalue weighted by Gasteiger charge is -2.27. The number of nitrogens with two attached hydrogens (primary N) is 1. The molecule has 7 heteroatoms. The van der Waals surface area contributed by atoms with Gasteiger partial charge < -0.3 is 20.8 Å². The van der Waals surface area contributed by atoms with Crippen molar-refractivity contribution in [2.45, 2.75) is 18.5 Å². The molecule has 0 bridgehead atoms. The van der Waals surface area contributed by atoms with E-state index < -0.39 is 24.0 Å². The first-order chi connectivity index (χ1) is 8.43. The zero-order valence-electron chi connectivity index (χ0n) is 10.4. The van der Waals surface area contributed by atoms with Gasteiger partial charge >= 0.3 is 11.9 Å². The molecule has 2 atom stereocenters. The molecule has 106 valence electrons. The van der Waals surface area contributed by atoms with Crippen molar-refractivity contribution in [3.63, 3.8) is 0 Å². The number of halogens is 1. The Morgan fingerprint density at radius 2 is 1.74 bits per heavy atom. The van der Waals surface area contributed by atoms with Crippen molar-refractivity contribution in [2.24, 2.45) is 5.73 Å². The second kappa shape index (κ2) is 7.60. The van der Waals surface area contributed by atoms with Gasteiger partial charge in [-0.15, -0.1) is 12.4 Å². The molecule has 0 unspecified atom stereocenters. The monoisotopic (exact) mass is 288 g/mol. The molecule has 1 aromatic carbocycles. The number of carboxylic acid groups (broad SMARTS) is 2. The molecule has 0 aromatic heterocycles. The Morgan fingerprint density at radius 3 is 2.16 bits per heavy atom. The highest BCUT2D eigenvalue weighted by molar-refractivity contribution is 5.85. The minimum absolute atomic E-state index is 0. The standard InChI is InChI=1S/C12H16N2O4.ClH/c1-14(8-5-3-2-4-6-8)10(12(17)18)7-9(13)11(15)16;/h2-6,9-10H,7,13H2,1H3,(H,15,16)(H,17,18);1H/t9-,10-;/m0./s1. The number of aliphatic carboxylic acids is 2. The summed E-state index contributed by atoms with van der Waals surface area (Å²) < 4.78 is 0. The highest BCUT2D eigenvalue weighted by atomic mass is 35.5. The summed E-state index contributed by atoms with van der Waals surface area (Å²) in [7, 11) is 1.60. The highest BCUT2D eigenvalue weighted by Gasteiger charge is 2.28. The van der Waals surface area contributed by atoms with Crippen LogP contribution in [-0.2, 0) is 9.59 Å². The average molecular weight is 289 g/mol. The third-order valence-corrected chi connectivity index (χ3v) is 2.71. The van der Waals surface area contributed by atoms with Gasteiger partial charge in [-0.1, -0.05) is 18.2 Å². The smallest absolute Gasteiger partial charge is 0.326 e. The Labute approximate surface area is 117 Å². The van der Waals surface area contributed by atoms with Gasteiger partial charge in [0.15, 0.2) is 0 Å². The zero-order valence-corrected chi connectivity index (χ0v) is 11.2. The number of rotatable bonds is 6. The van der Waals surface area contributed by atoms with E-state index in [4.69, 9.17) is 15.9 Å². The quantitative estimate of drug-likeness (QED) is 0.715. The molecule has 0 heterocycles. The summed E-state index contributed by atoms with van der Waals surface area (Å²) in [6.45, 7) is 0. The summed E-state index contributed by atoms with van der Waals surface area (Å²) >= 11 is 0. The van der Waals surface area contributed by atoms with Gasteiger partial charge in [-0.05, 0) is 12.1 Å². The van der Waals surface area contributed by atoms with Gasteiger partial charge in [0.1, 0.15) is 12.1 Å². The van der Waals surface area contributed by atoms with E-state index in [0.717, 1.165) is 0 Å². The molecule has 0 radical (unpaired) electrons. The molecule has 0 saturated carbocycles. The number of benzene rings is 1. The zero-order chi connectivity index (χ0) is 13.7. The summed E-state index contributed by atoms with van der Waals surface area (Å²) in [6.07, 6.45) is -0.157. The molecule has 1 aromatic rings. The second-order valence-electron chi connectivity index (χ2n) is 3.98. The van der Waals surface area contributed by atoms with Crippen LogP contribution in [0.15, 0.2) is 30.3 Å². The maximum atomic E-state index is 11.2. The number of likely N-dealkylation sites (N-methyl/N-ethyl adjacent to an activating group) is 1. The van der Waals surface area contributed by atoms with Crippen LogP contribution >= 0.6 is 12.4 Å². The van der Waals surface area contributed by atoms with Gasteiger partial charge in [-0.3, -0.25) is 4.79 Å². The van der Waals surface area contributed by atoms with Gasteiger partial charge in [0.05, 0.1) is 0 Å². The molecule has 0 aliphatic heterocycles. The molecule has 4 N–H and O–H groups in total. The summed E-state index contributed by atoms with van der Waals surface area (Å²) in [5.41, 5.74) is 6.08. The molecule has 0 fully saturated rings. The summed E-state index contributed by atoms with van der Waals surface area (Å²) in [5, 5.41) is 17.9. The van der Waals surface area contributed by atoms with Crippen LogP contribution in [0.4, 0.5) is 5.69 Å². The second-order valence-corrected chi connectivity index (χ2v) is 3.98. The normalized spacial score (nSPS) is 12.9. The number of hydrogen-bond donors (Lipinski definition) is 3. The molecule has 0 spiro atoms. The van der Waals surface area contributed by atoms with E-state index in [-0.39, 0.29) is 18.8 Å². The summed E-state index contributed by atoms with van der Waals surface area (Å²) in [5.74, 6) is -2.30. The largest absolute Gasteiger partial charge is 0.480 e. The third-order valence-electron chi connectivity index (χ3n) is 2.71. The van der Waals surface area contributed by atoms with E-state index in [2.05, 4.69) is 0 Å². The molecule has 1 rings (SSSR count). The van der Waals surface area contributed by atoms with Crippen LogP contribution in [0.5, 0.6) is 0 Å². The molecule has 19 heavy (non-hydrogen) atoms. The van der Waals surface area contributed by atoms with Gasteiger partial charge in [-0.2, -0.15) is 0 Å². The van der Waals surface area contributed by atoms with Crippen molar-refractivity contribution in [3.8, 4) is 0 Å². The Kier molecular flexibility index (Phi) is 6.89. The molecular weight excluding hydrogens is 272 g/mol. The van der Waals surface area contributed by atoms with Crippen molar-refractivity contribution < 1.29 is 19.8 Å². The van der Waals surface area contributed by atoms with Crippen LogP contribution < -0.4 is 10.6 Å². The predicted molar refractivity (Wildman–Crippen MR) is 73.7 cm³/mol. The fourth-order valence-corrected chi connectivity index (χ4v) is 1.61. The average Bonchev–Trinajstić information content (AvgIpc) is 2.35. The van der Waals surface area contributed by atoms with Crippen molar-refractivity contribution in [1.82, 2.24) is 0 Å². The van der Waals surface area contributed by atoms with Gasteiger partial charge in [0.2, 0.25) is 0 Å². The maximum Gasteiger partial charge on any atom is 0.326 e. The molecule has 0 aliphatic rings. The minimum Gasteiger partial charge on any atom is -0.480 e. The van der Waals surface area contributed by atoms with Crippen molar-refractivity contribution in [2.75, 3.05) is 11.9 Å². The Bertz CT molecular complexity index is 427. The lowest BCUT2D eigenvalue weighted by atomic mass is 10.1. The van der Waals surface area contributed by atoms with Crippen LogP contribution in [0.25, 0.3) is 0 Å². The van der Waals surface area contributed by atoms with Gasteiger partial charge in [0.25, 0.3) is 0 Å². The van der Waals surface area contributed by atoms with E-state index in [1.807, 2.05) is 6.07 Å². The van der Waals surface area contributed by atoms with Crippen molar-refractivity contribution in [3.05, 3.63) is 30.3 Å². The molecule has 0 aliphatic carbocycles. The number of carbonyl (C=O) groups is 2. The van der Waals surface area contributed by atoms with E-state index in [1.54, 1.807) is 31.3 Å². The third kappa shape index (κ3) is 4.76. The minimum atomic E-state index is -1.21. The molecule has 0 saturated heterocycles. The topological polar surface area (TPSA) is 104 Å². The number of nitrogens with zero attached hydrogens (tertiary/aromatic N) is 1. The first kappa shape index (κ1) is 17.2. The highest BCUT2D eigenvalue weighted by Crippen LogP contribution is 2.17. The number of carboxylic acids is 2. The van der Waals surface area contributed by atoms with E-state index in [1.165, 1.54) is 4.90 Å². The van der Waals surface area contributed by atoms with Crippen LogP contribution in [0.3, 0.4) is 0 Å². The Morgan fingerprint density at radius 1 is 1.21 bits per heavy atom. The van der Waals surface area contributed by atoms with E-state index in [9.17, 15) is 9.59 Å². The fraction of sp³-hybridized carbons (Fsp3) is 0.333. The Balaban J connectivity index is 0.00000324. The van der Waals surface area contributed by atoms with Crippen molar-refractivity contribution in [1.29, 1.82) is 0 Å². The maximum absolute atomic E-state index is 11.2. The lowest BCUT2D eigenvalue weighted by Crippen LogP contribution is -2.45. The molecule has 6 nitrogen and oxygen atoms in total. The first-order valence-corrected chi connectivity index (χ1v) is 5.42. The summed E-state index contributed by atoms with van der Waals surface area (Å²) in [4.78, 5) is 23.4. The van der Waals surface area contributed by atoms with E-state index in [0.29, 0.717) is 5.69 Å². The number of hydrogen-bond acceptors (Lipinski definition) is 4. The number of para-hydroxylation sites is 1. The molecular formula is C12H17ClN2O4. The fourth-order valence-electron chi connectivity index (χ4n) is 1.61. The first-order valence-electron chi connectivity index (χ1n) is 5.42. The number of anilines is 1. The van der Waals surface area contributed by atoms with Gasteiger partial charge in [0, 0.05) is 19.2 Å². The lowest BCUT2D eigenvalue weighted by molar-refractivity contribution is -0.140. The predicted octanol–water partition coefficient (Wildman–Crippen LogP) is 0.800. The SMILES string of the molecule is CN(c1ccccc1)[C@@H](C[C@H](N)C(=O)O)C(=O)O.Cl. The molecule has 0 amide bonds.